The van der Waals surface area contributed by atoms with Crippen molar-refractivity contribution >= 4 is 11.6 Å². The lowest BCUT2D eigenvalue weighted by atomic mass is 10.1. The van der Waals surface area contributed by atoms with Gasteiger partial charge in [0.25, 0.3) is 0 Å². The summed E-state index contributed by atoms with van der Waals surface area (Å²) in [7, 11) is 1.80. The minimum atomic E-state index is 0.382. The molecule has 2 atom stereocenters. The van der Waals surface area contributed by atoms with Gasteiger partial charge in [-0.3, -0.25) is 0 Å². The highest BCUT2D eigenvalue weighted by molar-refractivity contribution is 6.30. The summed E-state index contributed by atoms with van der Waals surface area (Å²) >= 11 is 5.84. The molecule has 2 rings (SSSR count). The van der Waals surface area contributed by atoms with Crippen LogP contribution in [0.5, 0.6) is 0 Å². The first-order valence-electron chi connectivity index (χ1n) is 5.80. The highest BCUT2D eigenvalue weighted by Crippen LogP contribution is 2.21. The second-order valence-corrected chi connectivity index (χ2v) is 4.76. The molecule has 1 aromatic carbocycles. The maximum Gasteiger partial charge on any atom is 0.0724 e. The van der Waals surface area contributed by atoms with E-state index in [9.17, 15) is 0 Å². The van der Waals surface area contributed by atoms with Crippen LogP contribution in [0, 0.1) is 0 Å². The molecule has 1 aliphatic carbocycles. The Bertz CT molecular complexity index is 325. The van der Waals surface area contributed by atoms with Crippen LogP contribution in [0.25, 0.3) is 0 Å². The van der Waals surface area contributed by atoms with Crippen LogP contribution in [-0.4, -0.2) is 19.3 Å². The van der Waals surface area contributed by atoms with Crippen LogP contribution in [0.3, 0.4) is 0 Å². The van der Waals surface area contributed by atoms with Gasteiger partial charge >= 0.3 is 0 Å². The first-order valence-corrected chi connectivity index (χ1v) is 6.18. The zero-order valence-electron chi connectivity index (χ0n) is 9.58. The number of methoxy groups -OCH3 is 1. The van der Waals surface area contributed by atoms with Gasteiger partial charge in [0.2, 0.25) is 0 Å². The summed E-state index contributed by atoms with van der Waals surface area (Å²) in [5, 5.41) is 4.34. The van der Waals surface area contributed by atoms with Crippen molar-refractivity contribution in [3.63, 3.8) is 0 Å². The number of benzene rings is 1. The number of hydrogen-bond acceptors (Lipinski definition) is 2. The highest BCUT2D eigenvalue weighted by Gasteiger charge is 2.26. The van der Waals surface area contributed by atoms with Gasteiger partial charge in [0.05, 0.1) is 6.10 Å². The van der Waals surface area contributed by atoms with Gasteiger partial charge in [0.15, 0.2) is 0 Å². The zero-order valence-corrected chi connectivity index (χ0v) is 10.3. The topological polar surface area (TPSA) is 21.3 Å². The monoisotopic (exact) mass is 239 g/mol. The first-order chi connectivity index (χ1) is 7.79. The third-order valence-electron chi connectivity index (χ3n) is 3.24. The van der Waals surface area contributed by atoms with E-state index >= 15 is 0 Å². The average molecular weight is 240 g/mol. The van der Waals surface area contributed by atoms with E-state index in [0.717, 1.165) is 11.6 Å². The van der Waals surface area contributed by atoms with Gasteiger partial charge in [-0.2, -0.15) is 0 Å². The van der Waals surface area contributed by atoms with E-state index < -0.39 is 0 Å². The third kappa shape index (κ3) is 2.97. The summed E-state index contributed by atoms with van der Waals surface area (Å²) in [6.07, 6.45) is 4.03. The van der Waals surface area contributed by atoms with Crippen molar-refractivity contribution in [2.24, 2.45) is 0 Å². The molecule has 2 unspecified atom stereocenters. The Labute approximate surface area is 102 Å². The molecule has 0 heterocycles. The minimum Gasteiger partial charge on any atom is -0.380 e. The highest BCUT2D eigenvalue weighted by atomic mass is 35.5. The second kappa shape index (κ2) is 5.67. The lowest BCUT2D eigenvalue weighted by Gasteiger charge is -2.19. The van der Waals surface area contributed by atoms with E-state index in [-0.39, 0.29) is 0 Å². The molecule has 0 saturated heterocycles. The van der Waals surface area contributed by atoms with E-state index in [2.05, 4.69) is 17.4 Å². The number of ether oxygens (including phenoxy) is 1. The quantitative estimate of drug-likeness (QED) is 0.872. The molecule has 0 aliphatic heterocycles. The van der Waals surface area contributed by atoms with E-state index in [4.69, 9.17) is 16.3 Å². The number of hydrogen-bond donors (Lipinski definition) is 1. The molecule has 0 bridgehead atoms. The summed E-state index contributed by atoms with van der Waals surface area (Å²) in [5.74, 6) is 0. The molecule has 1 aliphatic rings. The fraction of sp³-hybridized carbons (Fsp3) is 0.538. The van der Waals surface area contributed by atoms with Gasteiger partial charge in [-0.1, -0.05) is 23.7 Å². The normalized spacial score (nSPS) is 24.9. The van der Waals surface area contributed by atoms with Crippen LogP contribution in [0.4, 0.5) is 0 Å². The van der Waals surface area contributed by atoms with Crippen LogP contribution in [0.1, 0.15) is 24.8 Å². The first kappa shape index (κ1) is 11.9. The summed E-state index contributed by atoms with van der Waals surface area (Å²) in [4.78, 5) is 0. The summed E-state index contributed by atoms with van der Waals surface area (Å²) in [6.45, 7) is 0.891. The lowest BCUT2D eigenvalue weighted by Crippen LogP contribution is -2.36. The average Bonchev–Trinajstić information content (AvgIpc) is 2.76. The van der Waals surface area contributed by atoms with Crippen molar-refractivity contribution in [2.45, 2.75) is 38.0 Å². The second-order valence-electron chi connectivity index (χ2n) is 4.32. The van der Waals surface area contributed by atoms with Crippen molar-refractivity contribution in [3.05, 3.63) is 34.9 Å². The SMILES string of the molecule is COC1CCCC1NCc1ccc(Cl)cc1. The lowest BCUT2D eigenvalue weighted by molar-refractivity contribution is 0.0847. The molecule has 1 N–H and O–H groups in total. The molecule has 1 aromatic rings. The molecule has 0 aromatic heterocycles. The molecule has 0 amide bonds. The summed E-state index contributed by atoms with van der Waals surface area (Å²) in [5.41, 5.74) is 1.27. The summed E-state index contributed by atoms with van der Waals surface area (Å²) in [6, 6.07) is 8.49. The number of rotatable bonds is 4. The predicted molar refractivity (Wildman–Crippen MR) is 66.7 cm³/mol. The fourth-order valence-electron chi connectivity index (χ4n) is 2.29. The predicted octanol–water partition coefficient (Wildman–Crippen LogP) is 3.00. The van der Waals surface area contributed by atoms with Crippen molar-refractivity contribution in [2.75, 3.05) is 7.11 Å². The van der Waals surface area contributed by atoms with Gasteiger partial charge in [-0.25, -0.2) is 0 Å². The van der Waals surface area contributed by atoms with Gasteiger partial charge in [0, 0.05) is 24.7 Å². The van der Waals surface area contributed by atoms with Crippen molar-refractivity contribution in [3.8, 4) is 0 Å². The van der Waals surface area contributed by atoms with Crippen LogP contribution in [0.2, 0.25) is 5.02 Å². The maximum atomic E-state index is 5.84. The number of nitrogens with one attached hydrogen (secondary N) is 1. The Kier molecular flexibility index (Phi) is 4.22. The molecule has 2 nitrogen and oxygen atoms in total. The fourth-order valence-corrected chi connectivity index (χ4v) is 2.42. The Morgan fingerprint density at radius 3 is 2.75 bits per heavy atom. The molecule has 88 valence electrons. The largest absolute Gasteiger partial charge is 0.380 e. The molecule has 0 spiro atoms. The van der Waals surface area contributed by atoms with Crippen LogP contribution < -0.4 is 5.32 Å². The van der Waals surface area contributed by atoms with Gasteiger partial charge in [0.1, 0.15) is 0 Å². The van der Waals surface area contributed by atoms with E-state index in [1.54, 1.807) is 7.11 Å². The third-order valence-corrected chi connectivity index (χ3v) is 3.49. The Balaban J connectivity index is 1.85. The van der Waals surface area contributed by atoms with E-state index in [1.807, 2.05) is 12.1 Å². The van der Waals surface area contributed by atoms with E-state index in [1.165, 1.54) is 24.8 Å². The number of halogens is 1. The minimum absolute atomic E-state index is 0.382. The van der Waals surface area contributed by atoms with Crippen molar-refractivity contribution in [1.82, 2.24) is 5.32 Å². The van der Waals surface area contributed by atoms with Crippen LogP contribution in [0.15, 0.2) is 24.3 Å². The summed E-state index contributed by atoms with van der Waals surface area (Å²) < 4.78 is 5.45. The van der Waals surface area contributed by atoms with Crippen LogP contribution in [-0.2, 0) is 11.3 Å². The standard InChI is InChI=1S/C13H18ClNO/c1-16-13-4-2-3-12(13)15-9-10-5-7-11(14)8-6-10/h5-8,12-13,15H,2-4,9H2,1H3. The smallest absolute Gasteiger partial charge is 0.0724 e. The van der Waals surface area contributed by atoms with Gasteiger partial charge < -0.3 is 10.1 Å². The van der Waals surface area contributed by atoms with Crippen molar-refractivity contribution < 1.29 is 4.74 Å². The molecular weight excluding hydrogens is 222 g/mol. The maximum absolute atomic E-state index is 5.84. The molecule has 3 heteroatoms. The molecule has 1 fully saturated rings. The van der Waals surface area contributed by atoms with Crippen LogP contribution >= 0.6 is 11.6 Å². The van der Waals surface area contributed by atoms with E-state index in [0.29, 0.717) is 12.1 Å². The molecule has 0 radical (unpaired) electrons. The Morgan fingerprint density at radius 2 is 2.06 bits per heavy atom. The molecule has 16 heavy (non-hydrogen) atoms. The Hall–Kier alpha value is -0.570. The molecular formula is C13H18ClNO. The molecule has 1 saturated carbocycles. The van der Waals surface area contributed by atoms with Gasteiger partial charge in [-0.15, -0.1) is 0 Å². The zero-order chi connectivity index (χ0) is 11.4. The van der Waals surface area contributed by atoms with Crippen molar-refractivity contribution in [1.29, 1.82) is 0 Å². The Morgan fingerprint density at radius 1 is 1.31 bits per heavy atom. The van der Waals surface area contributed by atoms with Gasteiger partial charge in [-0.05, 0) is 37.0 Å².